The molecule has 1 amide bonds. The first-order valence-electron chi connectivity index (χ1n) is 18.8. The smallest absolute Gasteiger partial charge is 0.748 e. The molecule has 49 heavy (non-hydrogen) atoms. The number of nitrogens with one attached hydrogen (secondary N) is 1. The van der Waals surface area contributed by atoms with Crippen LogP contribution in [0.25, 0.3) is 0 Å². The van der Waals surface area contributed by atoms with Crippen molar-refractivity contribution in [3.05, 3.63) is 0 Å². The van der Waals surface area contributed by atoms with Crippen molar-refractivity contribution in [3.63, 3.8) is 0 Å². The van der Waals surface area contributed by atoms with Gasteiger partial charge in [0.1, 0.15) is 12.2 Å². The average Bonchev–Trinajstić information content (AvgIpc) is 3.36. The Hall–Kier alpha value is 0.610. The molecule has 5 saturated carbocycles. The van der Waals surface area contributed by atoms with Crippen molar-refractivity contribution in [2.75, 3.05) is 12.3 Å². The average molecular weight is 738 g/mol. The van der Waals surface area contributed by atoms with E-state index >= 15 is 0 Å². The molecular formula is C33H53NNa2O12S. The van der Waals surface area contributed by atoms with Crippen molar-refractivity contribution >= 4 is 22.0 Å². The van der Waals surface area contributed by atoms with Crippen LogP contribution in [-0.2, 0) is 24.4 Å². The summed E-state index contributed by atoms with van der Waals surface area (Å²) in [6, 6.07) is 0. The fourth-order valence-electron chi connectivity index (χ4n) is 10.2. The second-order valence-electron chi connectivity index (χ2n) is 15.3. The Morgan fingerprint density at radius 3 is 2.33 bits per heavy atom. The van der Waals surface area contributed by atoms with E-state index in [4.69, 9.17) is 7.48 Å². The largest absolute Gasteiger partial charge is 1.00 e. The summed E-state index contributed by atoms with van der Waals surface area (Å²) in [5, 5.41) is 69.1. The van der Waals surface area contributed by atoms with Crippen molar-refractivity contribution in [3.8, 4) is 0 Å². The maximum Gasteiger partial charge on any atom is 1.00 e. The Morgan fingerprint density at radius 2 is 1.69 bits per heavy atom. The van der Waals surface area contributed by atoms with Crippen molar-refractivity contribution in [2.45, 2.75) is 128 Å². The van der Waals surface area contributed by atoms with E-state index in [9.17, 15) is 55.9 Å². The number of hydrogen-bond acceptors (Lipinski definition) is 12. The van der Waals surface area contributed by atoms with Gasteiger partial charge in [0.15, 0.2) is 0 Å². The molecule has 5 aliphatic rings. The predicted molar refractivity (Wildman–Crippen MR) is 164 cm³/mol. The maximum atomic E-state index is 12.4. The van der Waals surface area contributed by atoms with Crippen LogP contribution in [0, 0.1) is 52.3 Å². The number of carboxylic acids is 1. The van der Waals surface area contributed by atoms with E-state index in [-0.39, 0.29) is 121 Å². The third-order valence-electron chi connectivity index (χ3n) is 12.9. The first kappa shape index (κ1) is 37.9. The van der Waals surface area contributed by atoms with Gasteiger partial charge >= 0.3 is 59.1 Å². The van der Waals surface area contributed by atoms with E-state index in [1.807, 2.05) is 13.8 Å². The van der Waals surface area contributed by atoms with E-state index in [0.29, 0.717) is 19.3 Å². The van der Waals surface area contributed by atoms with Crippen LogP contribution < -0.4 is 69.5 Å². The van der Waals surface area contributed by atoms with Crippen molar-refractivity contribution in [1.29, 1.82) is 0 Å². The molecule has 0 saturated heterocycles. The Labute approximate surface area is 339 Å². The Morgan fingerprint density at radius 1 is 1.02 bits per heavy atom. The fourth-order valence-corrected chi connectivity index (χ4v) is 10.6. The van der Waals surface area contributed by atoms with Crippen LogP contribution in [0.4, 0.5) is 0 Å². The molecule has 0 radical (unpaired) electrons. The zero-order valence-electron chi connectivity index (χ0n) is 33.2. The molecule has 5 aliphatic carbocycles. The summed E-state index contributed by atoms with van der Waals surface area (Å²) in [4.78, 5) is 24.0. The van der Waals surface area contributed by atoms with E-state index in [1.54, 1.807) is 6.92 Å². The van der Waals surface area contributed by atoms with Gasteiger partial charge in [-0.05, 0) is 104 Å². The number of rotatable bonds is 10. The topological polar surface area (TPSA) is 237 Å². The zero-order valence-corrected chi connectivity index (χ0v) is 34.0. The summed E-state index contributed by atoms with van der Waals surface area (Å²) < 4.78 is 75.3. The molecule has 5 fully saturated rings. The van der Waals surface area contributed by atoms with Gasteiger partial charge in [0.05, 0.1) is 46.4 Å². The molecule has 16 heteroatoms. The Balaban J connectivity index is 0.00000378. The molecule has 270 valence electrons. The van der Waals surface area contributed by atoms with Gasteiger partial charge in [0.25, 0.3) is 0 Å². The third-order valence-corrected chi connectivity index (χ3v) is 13.6. The molecule has 0 bridgehead atoms. The quantitative estimate of drug-likeness (QED) is 0.0907. The number of aliphatic hydroxyl groups excluding tert-OH is 5. The first-order valence-corrected chi connectivity index (χ1v) is 18.4. The molecule has 0 aromatic rings. The van der Waals surface area contributed by atoms with Gasteiger partial charge in [-0.15, -0.1) is 0 Å². The van der Waals surface area contributed by atoms with Gasteiger partial charge in [-0.25, -0.2) is 8.42 Å². The second-order valence-corrected chi connectivity index (χ2v) is 16.8. The number of aliphatic carboxylic acids is 1. The fraction of sp³-hybridized carbons (Fsp3) is 0.939. The number of carbonyl (C=O) groups is 2. The number of carboxylic acid groups (broad SMARTS) is 1. The predicted octanol–water partition coefficient (Wildman–Crippen LogP) is -6.72. The molecule has 0 heterocycles. The molecule has 16 atom stereocenters. The van der Waals surface area contributed by atoms with Crippen molar-refractivity contribution in [1.82, 2.24) is 5.32 Å². The molecule has 6 N–H and O–H groups in total. The number of ether oxygens (including phenoxy) is 1. The van der Waals surface area contributed by atoms with Crippen molar-refractivity contribution in [2.24, 2.45) is 52.3 Å². The Bertz CT molecular complexity index is 1450. The minimum Gasteiger partial charge on any atom is -0.748 e. The van der Waals surface area contributed by atoms with Crippen LogP contribution in [0.2, 0.25) is 0 Å². The minimum absolute atomic E-state index is 0. The molecule has 0 aliphatic heterocycles. The summed E-state index contributed by atoms with van der Waals surface area (Å²) in [7, 11) is -4.46. The molecule has 0 aromatic carbocycles. The van der Waals surface area contributed by atoms with Gasteiger partial charge < -0.3 is 50.0 Å². The van der Waals surface area contributed by atoms with Crippen molar-refractivity contribution < 1.29 is 123 Å². The summed E-state index contributed by atoms with van der Waals surface area (Å²) in [6.07, 6.45) is -14.3. The van der Waals surface area contributed by atoms with Gasteiger partial charge in [-0.1, -0.05) is 20.8 Å². The molecule has 0 aromatic heterocycles. The number of carbonyl (C=O) groups excluding carboxylic acids is 2. The normalized spacial score (nSPS) is 48.6. The van der Waals surface area contributed by atoms with Crippen LogP contribution in [0.5, 0.6) is 0 Å². The molecule has 5 rings (SSSR count). The van der Waals surface area contributed by atoms with Crippen LogP contribution >= 0.6 is 0 Å². The van der Waals surface area contributed by atoms with Crippen LogP contribution in [0.3, 0.4) is 0 Å². The molecular weight excluding hydrogens is 680 g/mol. The van der Waals surface area contributed by atoms with Gasteiger partial charge in [-0.3, -0.25) is 4.79 Å². The van der Waals surface area contributed by atoms with E-state index in [2.05, 4.69) is 5.32 Å². The first-order chi connectivity index (χ1) is 23.4. The number of hydrogen-bond donors (Lipinski definition) is 6. The standard InChI is InChI=1S/C33H55NO12S.2Na/c1-16(4-7-26(37)34-10-11-47(43,44)45)20-5-6-21-27-22(15-25(36)33(20,21)3)32(2)9-8-18(12-17(32)13-23(27)35)46-24-14-19(31(41)42)28(38)30(40)29(24)39;;/h16-25,27-30,35-36,38-40H,4-15H2,1-3H3,(H,34,37)(H,41,42)(H,43,44,45);;/q;2*+1/p-2/t16-,17+,18-,19?,20-,21+,22+,23-,24?,25+,27+,28?,29?,30?,32+,33-;;/m1../s1/i8D2,12D2;;. The molecule has 13 nitrogen and oxygen atoms in total. The van der Waals surface area contributed by atoms with Gasteiger partial charge in [0, 0.05) is 30.3 Å². The Kier molecular flexibility index (Phi) is 13.1. The summed E-state index contributed by atoms with van der Waals surface area (Å²) in [5.41, 5.74) is -1.71. The molecule has 5 unspecified atom stereocenters. The van der Waals surface area contributed by atoms with Gasteiger partial charge in [0.2, 0.25) is 5.91 Å². The summed E-state index contributed by atoms with van der Waals surface area (Å²) in [6.45, 7) is 5.51. The summed E-state index contributed by atoms with van der Waals surface area (Å²) >= 11 is 0. The molecule has 0 spiro atoms. The SMILES string of the molecule is [2H]C1([2H])C[C@@]2(C)[C@H](C[C@@H](O)[C@@H]3[C@@H]2C[C@H](O)[C@]2(C)[C@@H]([C@H](C)CCC(=O)NCCS(=O)(=O)[O-])CC[C@@H]32)C([2H])([2H])[C@@H]1OC1CC(C(=O)[O-])C(O)C(O)C1O.[Na+].[Na+]. The van der Waals surface area contributed by atoms with E-state index < -0.39 is 112 Å². The maximum absolute atomic E-state index is 12.4. The van der Waals surface area contributed by atoms with E-state index in [1.165, 1.54) is 0 Å². The zero-order chi connectivity index (χ0) is 38.2. The minimum atomic E-state index is -4.46. The number of fused-ring (bicyclic) bond motifs is 5. The number of amides is 1. The van der Waals surface area contributed by atoms with Crippen LogP contribution in [-0.4, -0.2) is 105 Å². The van der Waals surface area contributed by atoms with Gasteiger partial charge in [-0.2, -0.15) is 0 Å². The third kappa shape index (κ3) is 8.79. The van der Waals surface area contributed by atoms with Crippen LogP contribution in [0.1, 0.15) is 90.4 Å². The number of aliphatic hydroxyl groups is 5. The second kappa shape index (κ2) is 17.0. The van der Waals surface area contributed by atoms with E-state index in [0.717, 1.165) is 0 Å². The summed E-state index contributed by atoms with van der Waals surface area (Å²) in [5.74, 6) is -6.47. The monoisotopic (exact) mass is 737 g/mol. The van der Waals surface area contributed by atoms with Crippen LogP contribution in [0.15, 0.2) is 0 Å².